The molecular weight excluding hydrogens is 258 g/mol. The van der Waals surface area contributed by atoms with Gasteiger partial charge in [-0.05, 0) is 35.6 Å². The van der Waals surface area contributed by atoms with E-state index in [1.165, 1.54) is 5.56 Å². The Kier molecular flexibility index (Phi) is 5.15. The van der Waals surface area contributed by atoms with Crippen molar-refractivity contribution in [3.63, 3.8) is 0 Å². The van der Waals surface area contributed by atoms with Gasteiger partial charge < -0.3 is 5.32 Å². The first-order valence-electron chi connectivity index (χ1n) is 7.56. The zero-order chi connectivity index (χ0) is 15.2. The molecule has 1 unspecified atom stereocenters. The zero-order valence-corrected chi connectivity index (χ0v) is 13.0. The van der Waals surface area contributed by atoms with E-state index >= 15 is 0 Å². The van der Waals surface area contributed by atoms with Gasteiger partial charge in [0.05, 0.1) is 6.04 Å². The van der Waals surface area contributed by atoms with Crippen LogP contribution in [-0.2, 0) is 6.42 Å². The number of rotatable bonds is 5. The first-order valence-corrected chi connectivity index (χ1v) is 7.56. The van der Waals surface area contributed by atoms with E-state index in [2.05, 4.69) is 50.4 Å². The molecule has 0 saturated heterocycles. The predicted molar refractivity (Wildman–Crippen MR) is 87.3 cm³/mol. The van der Waals surface area contributed by atoms with E-state index in [1.54, 1.807) is 0 Å². The number of nitrogens with one attached hydrogen (secondary N) is 1. The maximum atomic E-state index is 12.3. The Balaban J connectivity index is 2.17. The van der Waals surface area contributed by atoms with Gasteiger partial charge in [0, 0.05) is 5.56 Å². The summed E-state index contributed by atoms with van der Waals surface area (Å²) in [7, 11) is 0. The van der Waals surface area contributed by atoms with Crippen molar-refractivity contribution in [1.29, 1.82) is 0 Å². The van der Waals surface area contributed by atoms with Crippen LogP contribution >= 0.6 is 0 Å². The summed E-state index contributed by atoms with van der Waals surface area (Å²) in [6, 6.07) is 17.9. The standard InChI is InChI=1S/C19H23NO/c1-4-15-10-12-16(13-11-15)18(14(2)3)20-19(21)17-8-6-5-7-9-17/h5-14,18H,4H2,1-3H3,(H,20,21). The van der Waals surface area contributed by atoms with Crippen molar-refractivity contribution in [1.82, 2.24) is 5.32 Å². The van der Waals surface area contributed by atoms with Gasteiger partial charge in [-0.25, -0.2) is 0 Å². The molecule has 0 spiro atoms. The van der Waals surface area contributed by atoms with Crippen molar-refractivity contribution in [2.45, 2.75) is 33.2 Å². The van der Waals surface area contributed by atoms with Crippen molar-refractivity contribution in [3.05, 3.63) is 71.3 Å². The largest absolute Gasteiger partial charge is 0.345 e. The molecule has 1 amide bonds. The van der Waals surface area contributed by atoms with Gasteiger partial charge in [0.15, 0.2) is 0 Å². The molecule has 0 aromatic heterocycles. The summed E-state index contributed by atoms with van der Waals surface area (Å²) in [6.45, 7) is 6.40. The van der Waals surface area contributed by atoms with Crippen LogP contribution in [0.1, 0.15) is 48.3 Å². The topological polar surface area (TPSA) is 29.1 Å². The fraction of sp³-hybridized carbons (Fsp3) is 0.316. The number of amides is 1. The maximum Gasteiger partial charge on any atom is 0.251 e. The van der Waals surface area contributed by atoms with Gasteiger partial charge in [-0.1, -0.05) is 63.2 Å². The third-order valence-corrected chi connectivity index (χ3v) is 3.74. The highest BCUT2D eigenvalue weighted by molar-refractivity contribution is 5.94. The molecule has 0 bridgehead atoms. The van der Waals surface area contributed by atoms with E-state index in [4.69, 9.17) is 0 Å². The maximum absolute atomic E-state index is 12.3. The van der Waals surface area contributed by atoms with Gasteiger partial charge >= 0.3 is 0 Å². The third kappa shape index (κ3) is 3.94. The van der Waals surface area contributed by atoms with Crippen LogP contribution in [0.2, 0.25) is 0 Å². The summed E-state index contributed by atoms with van der Waals surface area (Å²) in [4.78, 5) is 12.3. The van der Waals surface area contributed by atoms with E-state index in [0.717, 1.165) is 12.0 Å². The van der Waals surface area contributed by atoms with Crippen molar-refractivity contribution >= 4 is 5.91 Å². The zero-order valence-electron chi connectivity index (χ0n) is 13.0. The summed E-state index contributed by atoms with van der Waals surface area (Å²) in [5.74, 6) is 0.319. The van der Waals surface area contributed by atoms with Crippen LogP contribution in [0.4, 0.5) is 0 Å². The highest BCUT2D eigenvalue weighted by atomic mass is 16.1. The number of aryl methyl sites for hydroxylation is 1. The second-order valence-corrected chi connectivity index (χ2v) is 5.66. The lowest BCUT2D eigenvalue weighted by molar-refractivity contribution is 0.0925. The lowest BCUT2D eigenvalue weighted by atomic mass is 9.94. The smallest absolute Gasteiger partial charge is 0.251 e. The SMILES string of the molecule is CCc1ccc(C(NC(=O)c2ccccc2)C(C)C)cc1. The third-order valence-electron chi connectivity index (χ3n) is 3.74. The second-order valence-electron chi connectivity index (χ2n) is 5.66. The minimum atomic E-state index is -0.0196. The van der Waals surface area contributed by atoms with Crippen molar-refractivity contribution < 1.29 is 4.79 Å². The van der Waals surface area contributed by atoms with E-state index in [9.17, 15) is 4.79 Å². The van der Waals surface area contributed by atoms with Crippen LogP contribution in [0, 0.1) is 5.92 Å². The summed E-state index contributed by atoms with van der Waals surface area (Å²) in [5.41, 5.74) is 3.18. The Hall–Kier alpha value is -2.09. The van der Waals surface area contributed by atoms with Crippen molar-refractivity contribution in [3.8, 4) is 0 Å². The first kappa shape index (κ1) is 15.3. The quantitative estimate of drug-likeness (QED) is 0.866. The first-order chi connectivity index (χ1) is 10.1. The molecule has 0 aliphatic rings. The summed E-state index contributed by atoms with van der Waals surface area (Å²) >= 11 is 0. The molecular formula is C19H23NO. The van der Waals surface area contributed by atoms with Gasteiger partial charge in [-0.3, -0.25) is 4.79 Å². The number of carbonyl (C=O) groups excluding carboxylic acids is 1. The minimum Gasteiger partial charge on any atom is -0.345 e. The van der Waals surface area contributed by atoms with Crippen LogP contribution in [0.25, 0.3) is 0 Å². The molecule has 0 aliphatic carbocycles. The number of benzene rings is 2. The molecule has 1 atom stereocenters. The monoisotopic (exact) mass is 281 g/mol. The van der Waals surface area contributed by atoms with Gasteiger partial charge in [-0.15, -0.1) is 0 Å². The lowest BCUT2D eigenvalue weighted by Gasteiger charge is -2.23. The molecule has 0 saturated carbocycles. The molecule has 2 aromatic carbocycles. The molecule has 2 rings (SSSR count). The van der Waals surface area contributed by atoms with Gasteiger partial charge in [-0.2, -0.15) is 0 Å². The molecule has 0 radical (unpaired) electrons. The molecule has 2 aromatic rings. The average molecular weight is 281 g/mol. The second kappa shape index (κ2) is 7.07. The van der Waals surface area contributed by atoms with Crippen LogP contribution in [0.15, 0.2) is 54.6 Å². The molecule has 0 fully saturated rings. The van der Waals surface area contributed by atoms with Crippen molar-refractivity contribution in [2.75, 3.05) is 0 Å². The Bertz CT molecular complexity index is 572. The van der Waals surface area contributed by atoms with Crippen LogP contribution in [-0.4, -0.2) is 5.91 Å². The molecule has 2 nitrogen and oxygen atoms in total. The lowest BCUT2D eigenvalue weighted by Crippen LogP contribution is -2.31. The Morgan fingerprint density at radius 1 is 1.00 bits per heavy atom. The number of hydrogen-bond donors (Lipinski definition) is 1. The fourth-order valence-corrected chi connectivity index (χ4v) is 2.41. The molecule has 0 heterocycles. The Morgan fingerprint density at radius 2 is 1.62 bits per heavy atom. The Morgan fingerprint density at radius 3 is 2.14 bits per heavy atom. The average Bonchev–Trinajstić information content (AvgIpc) is 2.53. The van der Waals surface area contributed by atoms with Crippen LogP contribution < -0.4 is 5.32 Å². The minimum absolute atomic E-state index is 0.0196. The highest BCUT2D eigenvalue weighted by Gasteiger charge is 2.18. The number of hydrogen-bond acceptors (Lipinski definition) is 1. The summed E-state index contributed by atoms with van der Waals surface area (Å²) in [5, 5.41) is 3.15. The summed E-state index contributed by atoms with van der Waals surface area (Å²) < 4.78 is 0. The van der Waals surface area contributed by atoms with Gasteiger partial charge in [0.2, 0.25) is 0 Å². The van der Waals surface area contributed by atoms with E-state index in [0.29, 0.717) is 11.5 Å². The Labute approximate surface area is 127 Å². The number of carbonyl (C=O) groups is 1. The molecule has 1 N–H and O–H groups in total. The molecule has 21 heavy (non-hydrogen) atoms. The van der Waals surface area contributed by atoms with E-state index in [1.807, 2.05) is 30.3 Å². The van der Waals surface area contributed by atoms with E-state index in [-0.39, 0.29) is 11.9 Å². The predicted octanol–water partition coefficient (Wildman–Crippen LogP) is 4.38. The van der Waals surface area contributed by atoms with E-state index < -0.39 is 0 Å². The highest BCUT2D eigenvalue weighted by Crippen LogP contribution is 2.22. The summed E-state index contributed by atoms with van der Waals surface area (Å²) in [6.07, 6.45) is 1.03. The molecule has 110 valence electrons. The van der Waals surface area contributed by atoms with Crippen LogP contribution in [0.5, 0.6) is 0 Å². The van der Waals surface area contributed by atoms with Gasteiger partial charge in [0.1, 0.15) is 0 Å². The fourth-order valence-electron chi connectivity index (χ4n) is 2.41. The van der Waals surface area contributed by atoms with Crippen molar-refractivity contribution in [2.24, 2.45) is 5.92 Å². The normalized spacial score (nSPS) is 12.2. The van der Waals surface area contributed by atoms with Gasteiger partial charge in [0.25, 0.3) is 5.91 Å². The van der Waals surface area contributed by atoms with Crippen LogP contribution in [0.3, 0.4) is 0 Å². The molecule has 0 aliphatic heterocycles. The molecule has 2 heteroatoms.